The lowest BCUT2D eigenvalue weighted by atomic mass is 10.3. The van der Waals surface area contributed by atoms with Crippen molar-refractivity contribution in [3.8, 4) is 5.75 Å². The van der Waals surface area contributed by atoms with Crippen molar-refractivity contribution in [1.29, 1.82) is 0 Å². The molecule has 9 heteroatoms. The molecule has 1 amide bonds. The van der Waals surface area contributed by atoms with Crippen molar-refractivity contribution in [3.05, 3.63) is 54.3 Å². The number of nitrogens with one attached hydrogen (secondary N) is 1. The average molecular weight is 396 g/mol. The van der Waals surface area contributed by atoms with Gasteiger partial charge in [-0.25, -0.2) is 12.8 Å². The number of benzene rings is 2. The molecule has 27 heavy (non-hydrogen) atoms. The van der Waals surface area contributed by atoms with Crippen molar-refractivity contribution in [2.24, 2.45) is 0 Å². The van der Waals surface area contributed by atoms with E-state index >= 15 is 0 Å². The lowest BCUT2D eigenvalue weighted by Gasteiger charge is -2.24. The van der Waals surface area contributed by atoms with Gasteiger partial charge >= 0.3 is 0 Å². The highest BCUT2D eigenvalue weighted by molar-refractivity contribution is 7.92. The summed E-state index contributed by atoms with van der Waals surface area (Å²) in [5.41, 5.74) is 0.280. The van der Waals surface area contributed by atoms with Crippen molar-refractivity contribution >= 4 is 21.6 Å². The van der Waals surface area contributed by atoms with Crippen molar-refractivity contribution in [1.82, 2.24) is 5.32 Å². The number of amides is 1. The quantitative estimate of drug-likeness (QED) is 0.654. The maximum absolute atomic E-state index is 13.2. The zero-order chi connectivity index (χ0) is 19.9. The van der Waals surface area contributed by atoms with Crippen molar-refractivity contribution in [2.45, 2.75) is 4.90 Å². The summed E-state index contributed by atoms with van der Waals surface area (Å²) >= 11 is 0. The van der Waals surface area contributed by atoms with Gasteiger partial charge in [0.05, 0.1) is 24.3 Å². The van der Waals surface area contributed by atoms with Gasteiger partial charge in [-0.1, -0.05) is 0 Å². The summed E-state index contributed by atoms with van der Waals surface area (Å²) in [7, 11) is -1.10. The van der Waals surface area contributed by atoms with Crippen LogP contribution in [0.2, 0.25) is 0 Å². The van der Waals surface area contributed by atoms with Gasteiger partial charge in [0.1, 0.15) is 18.1 Å². The maximum atomic E-state index is 13.2. The van der Waals surface area contributed by atoms with E-state index in [2.05, 4.69) is 5.32 Å². The second kappa shape index (κ2) is 9.33. The molecule has 0 heterocycles. The van der Waals surface area contributed by atoms with E-state index in [1.807, 2.05) is 0 Å². The largest absolute Gasteiger partial charge is 0.497 e. The van der Waals surface area contributed by atoms with Crippen LogP contribution in [0, 0.1) is 5.82 Å². The van der Waals surface area contributed by atoms with Gasteiger partial charge in [-0.2, -0.15) is 0 Å². The number of sulfonamides is 1. The Morgan fingerprint density at radius 3 is 2.26 bits per heavy atom. The molecule has 0 unspecified atom stereocenters. The fraction of sp³-hybridized carbons (Fsp3) is 0.278. The third-order valence-corrected chi connectivity index (χ3v) is 5.47. The highest BCUT2D eigenvalue weighted by atomic mass is 32.2. The first-order valence-corrected chi connectivity index (χ1v) is 9.50. The van der Waals surface area contributed by atoms with E-state index < -0.39 is 28.3 Å². The minimum absolute atomic E-state index is 0.121. The molecule has 0 spiro atoms. The molecule has 0 aliphatic heterocycles. The third kappa shape index (κ3) is 5.41. The maximum Gasteiger partial charge on any atom is 0.264 e. The molecule has 1 N–H and O–H groups in total. The van der Waals surface area contributed by atoms with Crippen LogP contribution in [0.3, 0.4) is 0 Å². The molecular formula is C18H21FN2O5S. The number of hydrogen-bond acceptors (Lipinski definition) is 5. The number of anilines is 1. The molecule has 7 nitrogen and oxygen atoms in total. The van der Waals surface area contributed by atoms with Gasteiger partial charge < -0.3 is 14.8 Å². The summed E-state index contributed by atoms with van der Waals surface area (Å²) in [6.45, 7) is 0.122. The molecule has 0 aromatic heterocycles. The molecule has 2 rings (SSSR count). The van der Waals surface area contributed by atoms with E-state index in [1.165, 1.54) is 26.4 Å². The second-order valence-corrected chi connectivity index (χ2v) is 7.37. The molecule has 2 aromatic carbocycles. The molecule has 146 valence electrons. The van der Waals surface area contributed by atoms with Crippen molar-refractivity contribution in [3.63, 3.8) is 0 Å². The predicted octanol–water partition coefficient (Wildman–Crippen LogP) is 1.79. The van der Waals surface area contributed by atoms with E-state index in [9.17, 15) is 17.6 Å². The summed E-state index contributed by atoms with van der Waals surface area (Å²) < 4.78 is 50.1. The Kier molecular flexibility index (Phi) is 7.14. The number of hydrogen-bond donors (Lipinski definition) is 1. The summed E-state index contributed by atoms with van der Waals surface area (Å²) in [6, 6.07) is 10.7. The van der Waals surface area contributed by atoms with Gasteiger partial charge in [0.15, 0.2) is 0 Å². The standard InChI is InChI=1S/C18H21FN2O5S/c1-25-12-11-20-18(22)13-21(15-5-7-16(26-2)8-6-15)27(23,24)17-9-3-14(19)4-10-17/h3-10H,11-13H2,1-2H3,(H,20,22). The Morgan fingerprint density at radius 2 is 1.70 bits per heavy atom. The molecule has 0 saturated heterocycles. The van der Waals surface area contributed by atoms with Crippen LogP contribution in [0.1, 0.15) is 0 Å². The molecule has 0 aliphatic carbocycles. The van der Waals surface area contributed by atoms with Crippen LogP contribution in [0.5, 0.6) is 5.75 Å². The molecular weight excluding hydrogens is 375 g/mol. The first-order chi connectivity index (χ1) is 12.9. The Morgan fingerprint density at radius 1 is 1.07 bits per heavy atom. The first-order valence-electron chi connectivity index (χ1n) is 8.06. The minimum Gasteiger partial charge on any atom is -0.497 e. The summed E-state index contributed by atoms with van der Waals surface area (Å²) in [5, 5.41) is 2.58. The van der Waals surface area contributed by atoms with Crippen LogP contribution in [0.4, 0.5) is 10.1 Å². The molecule has 0 aliphatic rings. The van der Waals surface area contributed by atoms with Crippen LogP contribution in [0.25, 0.3) is 0 Å². The molecule has 0 saturated carbocycles. The SMILES string of the molecule is COCCNC(=O)CN(c1ccc(OC)cc1)S(=O)(=O)c1ccc(F)cc1. The predicted molar refractivity (Wildman–Crippen MR) is 98.8 cm³/mol. The number of methoxy groups -OCH3 is 2. The molecule has 0 atom stereocenters. The summed E-state index contributed by atoms with van der Waals surface area (Å²) in [6.07, 6.45) is 0. The zero-order valence-electron chi connectivity index (χ0n) is 15.0. The van der Waals surface area contributed by atoms with Crippen LogP contribution in [-0.4, -0.2) is 48.2 Å². The van der Waals surface area contributed by atoms with Gasteiger partial charge in [0, 0.05) is 13.7 Å². The Balaban J connectivity index is 2.35. The molecule has 2 aromatic rings. The summed E-state index contributed by atoms with van der Waals surface area (Å²) in [5.74, 6) is -0.502. The van der Waals surface area contributed by atoms with E-state index in [1.54, 1.807) is 12.1 Å². The average Bonchev–Trinajstić information content (AvgIpc) is 2.67. The van der Waals surface area contributed by atoms with Crippen LogP contribution >= 0.6 is 0 Å². The third-order valence-electron chi connectivity index (χ3n) is 3.68. The Bertz CT molecular complexity index is 854. The Hall–Kier alpha value is -2.65. The number of carbonyl (C=O) groups is 1. The van der Waals surface area contributed by atoms with Crippen LogP contribution in [0.15, 0.2) is 53.4 Å². The van der Waals surface area contributed by atoms with E-state index in [0.717, 1.165) is 28.6 Å². The highest BCUT2D eigenvalue weighted by Gasteiger charge is 2.27. The number of rotatable bonds is 9. The van der Waals surface area contributed by atoms with Crippen LogP contribution < -0.4 is 14.4 Å². The minimum atomic E-state index is -4.08. The second-order valence-electron chi connectivity index (χ2n) is 5.51. The number of ether oxygens (including phenoxy) is 2. The van der Waals surface area contributed by atoms with Crippen LogP contribution in [-0.2, 0) is 19.6 Å². The number of halogens is 1. The van der Waals surface area contributed by atoms with Gasteiger partial charge in [-0.15, -0.1) is 0 Å². The molecule has 0 fully saturated rings. The number of carbonyl (C=O) groups excluding carboxylic acids is 1. The zero-order valence-corrected chi connectivity index (χ0v) is 15.8. The van der Waals surface area contributed by atoms with Crippen molar-refractivity contribution in [2.75, 3.05) is 38.2 Å². The van der Waals surface area contributed by atoms with Gasteiger partial charge in [-0.3, -0.25) is 9.10 Å². The molecule has 0 bridgehead atoms. The van der Waals surface area contributed by atoms with Crippen molar-refractivity contribution < 1.29 is 27.1 Å². The topological polar surface area (TPSA) is 84.9 Å². The highest BCUT2D eigenvalue weighted by Crippen LogP contribution is 2.25. The van der Waals surface area contributed by atoms with E-state index in [4.69, 9.17) is 9.47 Å². The fourth-order valence-corrected chi connectivity index (χ4v) is 3.70. The lowest BCUT2D eigenvalue weighted by Crippen LogP contribution is -2.41. The van der Waals surface area contributed by atoms with E-state index in [0.29, 0.717) is 12.4 Å². The molecule has 0 radical (unpaired) electrons. The smallest absolute Gasteiger partial charge is 0.264 e. The number of nitrogens with zero attached hydrogens (tertiary/aromatic N) is 1. The van der Waals surface area contributed by atoms with E-state index in [-0.39, 0.29) is 17.1 Å². The van der Waals surface area contributed by atoms with Gasteiger partial charge in [-0.05, 0) is 48.5 Å². The lowest BCUT2D eigenvalue weighted by molar-refractivity contribution is -0.119. The first kappa shape index (κ1) is 20.7. The fourth-order valence-electron chi connectivity index (χ4n) is 2.28. The van der Waals surface area contributed by atoms with Gasteiger partial charge in [0.2, 0.25) is 5.91 Å². The Labute approximate surface area is 157 Å². The summed E-state index contributed by atoms with van der Waals surface area (Å²) in [4.78, 5) is 12.1. The normalized spacial score (nSPS) is 11.1. The monoisotopic (exact) mass is 396 g/mol. The van der Waals surface area contributed by atoms with Gasteiger partial charge in [0.25, 0.3) is 10.0 Å².